The molecule has 1 saturated heterocycles. The zero-order valence-electron chi connectivity index (χ0n) is 21.6. The highest BCUT2D eigenvalue weighted by atomic mass is 19.4. The van der Waals surface area contributed by atoms with E-state index in [-0.39, 0.29) is 41.3 Å². The van der Waals surface area contributed by atoms with Gasteiger partial charge < -0.3 is 20.8 Å². The highest BCUT2D eigenvalue weighted by Gasteiger charge is 2.36. The molecular formula is C30H26F3N5O3. The molecule has 3 aromatic carbocycles. The van der Waals surface area contributed by atoms with E-state index in [1.165, 1.54) is 24.3 Å². The quantitative estimate of drug-likeness (QED) is 0.255. The fraction of sp³-hybridized carbons (Fsp3) is 0.233. The molecule has 1 fully saturated rings. The molecule has 3 atom stereocenters. The lowest BCUT2D eigenvalue weighted by Crippen LogP contribution is -2.27. The monoisotopic (exact) mass is 561 g/mol. The summed E-state index contributed by atoms with van der Waals surface area (Å²) < 4.78 is 41.3. The van der Waals surface area contributed by atoms with Gasteiger partial charge in [0.05, 0.1) is 23.9 Å². The summed E-state index contributed by atoms with van der Waals surface area (Å²) in [4.78, 5) is 13.2. The number of alkyl halides is 3. The molecule has 0 saturated carbocycles. The topological polar surface area (TPSA) is 123 Å². The summed E-state index contributed by atoms with van der Waals surface area (Å²) in [6.07, 6.45) is -4.02. The SMILES string of the molecule is N#Cc1cccc(-n2nc(C(F)(F)F)cc2C(=O)Nc2cccc(C(O)c3ccc(C4CCC(CO)N4)cc3)c2)c1. The number of carbonyl (C=O) groups excluding carboxylic acids is 1. The van der Waals surface area contributed by atoms with Crippen molar-refractivity contribution in [1.82, 2.24) is 15.1 Å². The largest absolute Gasteiger partial charge is 0.435 e. The van der Waals surface area contributed by atoms with E-state index in [9.17, 15) is 33.4 Å². The third-order valence-electron chi connectivity index (χ3n) is 7.03. The Balaban J connectivity index is 1.36. The number of nitrogens with zero attached hydrogens (tertiary/aromatic N) is 3. The minimum atomic E-state index is -4.79. The molecular weight excluding hydrogens is 535 g/mol. The van der Waals surface area contributed by atoms with Gasteiger partial charge in [0.2, 0.25) is 0 Å². The number of aliphatic hydroxyl groups excluding tert-OH is 2. The number of carbonyl (C=O) groups is 1. The summed E-state index contributed by atoms with van der Waals surface area (Å²) in [5.74, 6) is -0.850. The van der Waals surface area contributed by atoms with Crippen molar-refractivity contribution in [2.75, 3.05) is 11.9 Å². The second-order valence-electron chi connectivity index (χ2n) is 9.81. The predicted molar refractivity (Wildman–Crippen MR) is 144 cm³/mol. The predicted octanol–water partition coefficient (Wildman–Crippen LogP) is 4.88. The number of aliphatic hydroxyl groups is 2. The summed E-state index contributed by atoms with van der Waals surface area (Å²) >= 11 is 0. The van der Waals surface area contributed by atoms with Crippen molar-refractivity contribution in [2.24, 2.45) is 0 Å². The summed E-state index contributed by atoms with van der Waals surface area (Å²) in [5, 5.41) is 39.1. The molecule has 41 heavy (non-hydrogen) atoms. The number of anilines is 1. The van der Waals surface area contributed by atoms with Gasteiger partial charge in [-0.05, 0) is 59.9 Å². The van der Waals surface area contributed by atoms with Gasteiger partial charge in [0, 0.05) is 23.8 Å². The lowest BCUT2D eigenvalue weighted by atomic mass is 9.97. The maximum atomic E-state index is 13.5. The number of nitriles is 1. The molecule has 1 aliphatic rings. The van der Waals surface area contributed by atoms with E-state index in [1.807, 2.05) is 30.3 Å². The number of rotatable bonds is 7. The number of halogens is 3. The molecule has 0 bridgehead atoms. The fourth-order valence-electron chi connectivity index (χ4n) is 4.90. The number of hydrogen-bond donors (Lipinski definition) is 4. The van der Waals surface area contributed by atoms with Crippen LogP contribution >= 0.6 is 0 Å². The first-order valence-corrected chi connectivity index (χ1v) is 12.9. The number of hydrogen-bond acceptors (Lipinski definition) is 6. The first-order valence-electron chi connectivity index (χ1n) is 12.9. The molecule has 1 aliphatic heterocycles. The summed E-state index contributed by atoms with van der Waals surface area (Å²) in [5.41, 5.74) is 1.10. The summed E-state index contributed by atoms with van der Waals surface area (Å²) in [6.45, 7) is 0.0837. The Labute approximate surface area is 233 Å². The third kappa shape index (κ3) is 6.15. The van der Waals surface area contributed by atoms with E-state index in [0.29, 0.717) is 17.2 Å². The molecule has 1 amide bonds. The van der Waals surface area contributed by atoms with Crippen LogP contribution in [0.2, 0.25) is 0 Å². The van der Waals surface area contributed by atoms with E-state index in [2.05, 4.69) is 15.7 Å². The van der Waals surface area contributed by atoms with E-state index in [4.69, 9.17) is 0 Å². The van der Waals surface area contributed by atoms with Crippen LogP contribution in [0.3, 0.4) is 0 Å². The average molecular weight is 562 g/mol. The van der Waals surface area contributed by atoms with E-state index in [0.717, 1.165) is 23.1 Å². The van der Waals surface area contributed by atoms with Gasteiger partial charge in [0.25, 0.3) is 5.91 Å². The Hall–Kier alpha value is -4.50. The number of nitrogens with one attached hydrogen (secondary N) is 2. The zero-order valence-corrected chi connectivity index (χ0v) is 21.6. The Morgan fingerprint density at radius 1 is 1.07 bits per heavy atom. The molecule has 0 radical (unpaired) electrons. The number of benzene rings is 3. The number of amides is 1. The lowest BCUT2D eigenvalue weighted by Gasteiger charge is -2.16. The molecule has 3 unspecified atom stereocenters. The second-order valence-corrected chi connectivity index (χ2v) is 9.81. The standard InChI is InChI=1S/C30H26F3N5O3/c31-30(32,33)27-15-26(38(37-27)24-6-1-3-18(13-24)16-34)29(41)36-22-5-2-4-21(14-22)28(40)20-9-7-19(8-10-20)25-12-11-23(17-39)35-25/h1-10,13-15,23,25,28,35,39-40H,11-12,17H2,(H,36,41). The Morgan fingerprint density at radius 3 is 2.51 bits per heavy atom. The molecule has 8 nitrogen and oxygen atoms in total. The minimum Gasteiger partial charge on any atom is -0.395 e. The molecule has 0 spiro atoms. The van der Waals surface area contributed by atoms with Crippen LogP contribution in [0.25, 0.3) is 5.69 Å². The van der Waals surface area contributed by atoms with Crippen molar-refractivity contribution in [3.8, 4) is 11.8 Å². The lowest BCUT2D eigenvalue weighted by molar-refractivity contribution is -0.141. The van der Waals surface area contributed by atoms with Gasteiger partial charge >= 0.3 is 6.18 Å². The highest BCUT2D eigenvalue weighted by Crippen LogP contribution is 2.31. The van der Waals surface area contributed by atoms with Crippen LogP contribution in [-0.4, -0.2) is 38.5 Å². The normalized spacial score (nSPS) is 17.7. The van der Waals surface area contributed by atoms with E-state index in [1.54, 1.807) is 24.3 Å². The minimum absolute atomic E-state index is 0.0737. The van der Waals surface area contributed by atoms with Gasteiger partial charge in [0.15, 0.2) is 5.69 Å². The van der Waals surface area contributed by atoms with E-state index < -0.39 is 23.9 Å². The van der Waals surface area contributed by atoms with Crippen LogP contribution in [0.4, 0.5) is 18.9 Å². The van der Waals surface area contributed by atoms with Crippen molar-refractivity contribution in [2.45, 2.75) is 37.2 Å². The fourth-order valence-corrected chi connectivity index (χ4v) is 4.90. The molecule has 5 rings (SSSR count). The first kappa shape index (κ1) is 28.0. The van der Waals surface area contributed by atoms with Crippen LogP contribution in [0.5, 0.6) is 0 Å². The molecule has 0 aliphatic carbocycles. The van der Waals surface area contributed by atoms with Crippen LogP contribution < -0.4 is 10.6 Å². The van der Waals surface area contributed by atoms with Crippen LogP contribution in [0.1, 0.15) is 63.4 Å². The van der Waals surface area contributed by atoms with Crippen LogP contribution in [-0.2, 0) is 6.18 Å². The average Bonchev–Trinajstić information content (AvgIpc) is 3.65. The van der Waals surface area contributed by atoms with Crippen molar-refractivity contribution in [3.63, 3.8) is 0 Å². The highest BCUT2D eigenvalue weighted by molar-refractivity contribution is 6.03. The van der Waals surface area contributed by atoms with Gasteiger partial charge in [-0.3, -0.25) is 4.79 Å². The van der Waals surface area contributed by atoms with Crippen LogP contribution in [0, 0.1) is 11.3 Å². The maximum absolute atomic E-state index is 13.5. The zero-order chi connectivity index (χ0) is 29.1. The third-order valence-corrected chi connectivity index (χ3v) is 7.03. The van der Waals surface area contributed by atoms with Crippen molar-refractivity contribution < 1.29 is 28.2 Å². The van der Waals surface area contributed by atoms with Gasteiger partial charge in [-0.25, -0.2) is 4.68 Å². The summed E-state index contributed by atoms with van der Waals surface area (Å²) in [6, 6.07) is 22.4. The van der Waals surface area contributed by atoms with Gasteiger partial charge in [0.1, 0.15) is 11.8 Å². The Kier molecular flexibility index (Phi) is 7.90. The smallest absolute Gasteiger partial charge is 0.395 e. The molecule has 11 heteroatoms. The van der Waals surface area contributed by atoms with Crippen molar-refractivity contribution in [3.05, 3.63) is 113 Å². The van der Waals surface area contributed by atoms with E-state index >= 15 is 0 Å². The molecule has 1 aromatic heterocycles. The Morgan fingerprint density at radius 2 is 1.83 bits per heavy atom. The van der Waals surface area contributed by atoms with Crippen molar-refractivity contribution >= 4 is 11.6 Å². The number of aromatic nitrogens is 2. The van der Waals surface area contributed by atoms with Gasteiger partial charge in [-0.1, -0.05) is 42.5 Å². The molecule has 210 valence electrons. The summed E-state index contributed by atoms with van der Waals surface area (Å²) in [7, 11) is 0. The Bertz CT molecular complexity index is 1590. The molecule has 4 N–H and O–H groups in total. The molecule has 2 heterocycles. The second kappa shape index (κ2) is 11.5. The molecule has 4 aromatic rings. The first-order chi connectivity index (χ1) is 19.7. The van der Waals surface area contributed by atoms with Gasteiger partial charge in [-0.2, -0.15) is 23.5 Å². The van der Waals surface area contributed by atoms with Crippen molar-refractivity contribution in [1.29, 1.82) is 5.26 Å². The maximum Gasteiger partial charge on any atom is 0.435 e. The van der Waals surface area contributed by atoms with Gasteiger partial charge in [-0.15, -0.1) is 0 Å². The van der Waals surface area contributed by atoms with Crippen LogP contribution in [0.15, 0.2) is 78.9 Å².